The summed E-state index contributed by atoms with van der Waals surface area (Å²) < 4.78 is 6.40. The molecule has 0 spiro atoms. The molecule has 4 heteroatoms. The monoisotopic (exact) mass is 261 g/mol. The first kappa shape index (κ1) is 9.65. The summed E-state index contributed by atoms with van der Waals surface area (Å²) in [5.41, 5.74) is 0. The zero-order chi connectivity index (χ0) is 9.26. The lowest BCUT2D eigenvalue weighted by atomic mass is 10.1. The van der Waals surface area contributed by atoms with Crippen LogP contribution in [0.4, 0.5) is 0 Å². The molecule has 0 aliphatic carbocycles. The van der Waals surface area contributed by atoms with Crippen molar-refractivity contribution in [2.75, 3.05) is 20.2 Å². The SMILES string of the molecule is COC1CN(Cc2cc(Br)cs2)C1. The van der Waals surface area contributed by atoms with Crippen molar-refractivity contribution in [3.05, 3.63) is 20.8 Å². The van der Waals surface area contributed by atoms with E-state index in [1.165, 1.54) is 9.35 Å². The second-order valence-corrected chi connectivity index (χ2v) is 5.19. The minimum absolute atomic E-state index is 0.461. The third-order valence-corrected chi connectivity index (χ3v) is 3.94. The first-order chi connectivity index (χ1) is 6.28. The van der Waals surface area contributed by atoms with Gasteiger partial charge in [0.2, 0.25) is 0 Å². The number of likely N-dealkylation sites (tertiary alicyclic amines) is 1. The van der Waals surface area contributed by atoms with E-state index in [1.54, 1.807) is 18.4 Å². The third-order valence-electron chi connectivity index (χ3n) is 2.26. The fraction of sp³-hybridized carbons (Fsp3) is 0.556. The maximum absolute atomic E-state index is 5.21. The normalized spacial score (nSPS) is 18.9. The minimum atomic E-state index is 0.461. The van der Waals surface area contributed by atoms with Crippen molar-refractivity contribution in [3.8, 4) is 0 Å². The number of hydrogen-bond acceptors (Lipinski definition) is 3. The van der Waals surface area contributed by atoms with Gasteiger partial charge in [0.1, 0.15) is 0 Å². The lowest BCUT2D eigenvalue weighted by molar-refractivity contribution is -0.0329. The summed E-state index contributed by atoms with van der Waals surface area (Å²) >= 11 is 5.26. The topological polar surface area (TPSA) is 12.5 Å². The van der Waals surface area contributed by atoms with Gasteiger partial charge in [0, 0.05) is 41.5 Å². The Kier molecular flexibility index (Phi) is 3.03. The van der Waals surface area contributed by atoms with Crippen LogP contribution in [0.5, 0.6) is 0 Å². The van der Waals surface area contributed by atoms with Crippen LogP contribution in [0, 0.1) is 0 Å². The summed E-state index contributed by atoms with van der Waals surface area (Å²) in [7, 11) is 1.78. The van der Waals surface area contributed by atoms with Crippen molar-refractivity contribution in [1.82, 2.24) is 4.90 Å². The summed E-state index contributed by atoms with van der Waals surface area (Å²) in [6.45, 7) is 3.22. The molecule has 0 N–H and O–H groups in total. The Labute approximate surface area is 90.6 Å². The second kappa shape index (κ2) is 4.09. The standard InChI is InChI=1S/C9H12BrNOS/c1-12-8-3-11(4-8)5-9-2-7(10)6-13-9/h2,6,8H,3-5H2,1H3. The van der Waals surface area contributed by atoms with Gasteiger partial charge in [0.05, 0.1) is 6.10 Å². The average Bonchev–Trinajstić information content (AvgIpc) is 2.43. The highest BCUT2D eigenvalue weighted by atomic mass is 79.9. The zero-order valence-electron chi connectivity index (χ0n) is 7.50. The average molecular weight is 262 g/mol. The van der Waals surface area contributed by atoms with Crippen molar-refractivity contribution >= 4 is 27.3 Å². The van der Waals surface area contributed by atoms with Crippen LogP contribution >= 0.6 is 27.3 Å². The Morgan fingerprint density at radius 2 is 2.46 bits per heavy atom. The van der Waals surface area contributed by atoms with E-state index in [0.29, 0.717) is 6.10 Å². The summed E-state index contributed by atoms with van der Waals surface area (Å²) in [6, 6.07) is 2.19. The molecule has 13 heavy (non-hydrogen) atoms. The molecule has 1 aromatic rings. The second-order valence-electron chi connectivity index (χ2n) is 3.28. The van der Waals surface area contributed by atoms with E-state index in [9.17, 15) is 0 Å². The van der Waals surface area contributed by atoms with Gasteiger partial charge in [-0.05, 0) is 22.0 Å². The molecule has 0 saturated carbocycles. The molecule has 0 atom stereocenters. The van der Waals surface area contributed by atoms with Gasteiger partial charge < -0.3 is 4.74 Å². The summed E-state index contributed by atoms with van der Waals surface area (Å²) in [6.07, 6.45) is 0.461. The molecule has 1 saturated heterocycles. The molecular weight excluding hydrogens is 250 g/mol. The van der Waals surface area contributed by atoms with E-state index in [2.05, 4.69) is 32.3 Å². The number of rotatable bonds is 3. The van der Waals surface area contributed by atoms with Crippen molar-refractivity contribution in [2.45, 2.75) is 12.6 Å². The molecule has 2 rings (SSSR count). The van der Waals surface area contributed by atoms with E-state index in [1.807, 2.05) is 0 Å². The smallest absolute Gasteiger partial charge is 0.0825 e. The Balaban J connectivity index is 1.81. The molecular formula is C9H12BrNOS. The van der Waals surface area contributed by atoms with Gasteiger partial charge in [0.15, 0.2) is 0 Å². The molecule has 0 unspecified atom stereocenters. The fourth-order valence-electron chi connectivity index (χ4n) is 1.46. The van der Waals surface area contributed by atoms with Crippen LogP contribution < -0.4 is 0 Å². The predicted octanol–water partition coefficient (Wildman–Crippen LogP) is 2.34. The molecule has 0 bridgehead atoms. The Morgan fingerprint density at radius 1 is 1.69 bits per heavy atom. The summed E-state index contributed by atoms with van der Waals surface area (Å²) in [5, 5.41) is 2.13. The summed E-state index contributed by atoms with van der Waals surface area (Å²) in [5.74, 6) is 0. The number of halogens is 1. The number of methoxy groups -OCH3 is 1. The van der Waals surface area contributed by atoms with Gasteiger partial charge in [-0.15, -0.1) is 11.3 Å². The van der Waals surface area contributed by atoms with Gasteiger partial charge in [-0.1, -0.05) is 0 Å². The molecule has 0 amide bonds. The first-order valence-electron chi connectivity index (χ1n) is 4.26. The summed E-state index contributed by atoms with van der Waals surface area (Å²) in [4.78, 5) is 3.81. The minimum Gasteiger partial charge on any atom is -0.379 e. The van der Waals surface area contributed by atoms with E-state index in [4.69, 9.17) is 4.74 Å². The van der Waals surface area contributed by atoms with Gasteiger partial charge in [-0.2, -0.15) is 0 Å². The molecule has 0 aromatic carbocycles. The molecule has 1 aliphatic heterocycles. The van der Waals surface area contributed by atoms with Crippen LogP contribution in [-0.4, -0.2) is 31.2 Å². The lowest BCUT2D eigenvalue weighted by Gasteiger charge is -2.37. The predicted molar refractivity (Wildman–Crippen MR) is 58.1 cm³/mol. The lowest BCUT2D eigenvalue weighted by Crippen LogP contribution is -2.50. The van der Waals surface area contributed by atoms with Crippen LogP contribution in [0.15, 0.2) is 15.9 Å². The zero-order valence-corrected chi connectivity index (χ0v) is 9.90. The van der Waals surface area contributed by atoms with E-state index < -0.39 is 0 Å². The van der Waals surface area contributed by atoms with Gasteiger partial charge >= 0.3 is 0 Å². The molecule has 1 aliphatic rings. The highest BCUT2D eigenvalue weighted by molar-refractivity contribution is 9.10. The largest absolute Gasteiger partial charge is 0.379 e. The van der Waals surface area contributed by atoms with Crippen molar-refractivity contribution in [3.63, 3.8) is 0 Å². The van der Waals surface area contributed by atoms with Crippen molar-refractivity contribution in [2.24, 2.45) is 0 Å². The molecule has 0 radical (unpaired) electrons. The number of hydrogen-bond donors (Lipinski definition) is 0. The van der Waals surface area contributed by atoms with E-state index >= 15 is 0 Å². The molecule has 2 nitrogen and oxygen atoms in total. The highest BCUT2D eigenvalue weighted by Gasteiger charge is 2.26. The Hall–Kier alpha value is 0.1000. The molecule has 72 valence electrons. The molecule has 1 aromatic heterocycles. The number of ether oxygens (including phenoxy) is 1. The Morgan fingerprint density at radius 3 is 3.00 bits per heavy atom. The van der Waals surface area contributed by atoms with Crippen LogP contribution in [-0.2, 0) is 11.3 Å². The number of thiophene rings is 1. The van der Waals surface area contributed by atoms with Crippen LogP contribution in [0.1, 0.15) is 4.88 Å². The van der Waals surface area contributed by atoms with Crippen LogP contribution in [0.25, 0.3) is 0 Å². The maximum Gasteiger partial charge on any atom is 0.0825 e. The molecule has 1 fully saturated rings. The van der Waals surface area contributed by atoms with Crippen molar-refractivity contribution in [1.29, 1.82) is 0 Å². The quantitative estimate of drug-likeness (QED) is 0.829. The van der Waals surface area contributed by atoms with E-state index in [-0.39, 0.29) is 0 Å². The maximum atomic E-state index is 5.21. The third kappa shape index (κ3) is 2.31. The first-order valence-corrected chi connectivity index (χ1v) is 5.93. The van der Waals surface area contributed by atoms with Gasteiger partial charge in [-0.3, -0.25) is 4.90 Å². The van der Waals surface area contributed by atoms with Crippen LogP contribution in [0.2, 0.25) is 0 Å². The van der Waals surface area contributed by atoms with Gasteiger partial charge in [-0.25, -0.2) is 0 Å². The number of nitrogens with zero attached hydrogens (tertiary/aromatic N) is 1. The fourth-order valence-corrected chi connectivity index (χ4v) is 2.95. The van der Waals surface area contributed by atoms with E-state index in [0.717, 1.165) is 19.6 Å². The highest BCUT2D eigenvalue weighted by Crippen LogP contribution is 2.23. The van der Waals surface area contributed by atoms with Crippen molar-refractivity contribution < 1.29 is 4.74 Å². The van der Waals surface area contributed by atoms with Gasteiger partial charge in [0.25, 0.3) is 0 Å². The van der Waals surface area contributed by atoms with Crippen LogP contribution in [0.3, 0.4) is 0 Å². The molecule has 2 heterocycles. The Bertz CT molecular complexity index is 283.